The summed E-state index contributed by atoms with van der Waals surface area (Å²) in [6, 6.07) is 11.9. The molecule has 3 aromatic rings. The summed E-state index contributed by atoms with van der Waals surface area (Å²) in [5.41, 5.74) is 1.96. The lowest BCUT2D eigenvalue weighted by atomic mass is 10.0. The van der Waals surface area contributed by atoms with Crippen LogP contribution in [0, 0.1) is 6.92 Å². The molecule has 0 N–H and O–H groups in total. The van der Waals surface area contributed by atoms with Crippen LogP contribution >= 0.6 is 15.9 Å². The third-order valence-electron chi connectivity index (χ3n) is 3.24. The van der Waals surface area contributed by atoms with Crippen molar-refractivity contribution in [2.75, 3.05) is 0 Å². The number of pyridine rings is 2. The maximum Gasteiger partial charge on any atom is 0.251 e. The Bertz CT molecular complexity index is 906. The predicted octanol–water partition coefficient (Wildman–Crippen LogP) is 3.77. The van der Waals surface area contributed by atoms with Crippen molar-refractivity contribution in [1.29, 1.82) is 0 Å². The van der Waals surface area contributed by atoms with Crippen LogP contribution in [0.1, 0.15) is 26.5 Å². The second kappa shape index (κ2) is 5.77. The first-order valence-corrected chi connectivity index (χ1v) is 7.42. The Balaban J connectivity index is 1.99. The molecular weight excluding hydrogens is 344 g/mol. The molecule has 0 aliphatic carbocycles. The van der Waals surface area contributed by atoms with Crippen molar-refractivity contribution in [2.45, 2.75) is 6.92 Å². The molecule has 0 fully saturated rings. The molecule has 108 valence electrons. The Hall–Kier alpha value is -2.40. The Labute approximate surface area is 135 Å². The molecule has 3 rings (SSSR count). The average molecular weight is 355 g/mol. The Morgan fingerprint density at radius 1 is 1.05 bits per heavy atom. The van der Waals surface area contributed by atoms with E-state index in [1.54, 1.807) is 49.5 Å². The van der Waals surface area contributed by atoms with Gasteiger partial charge in [0.25, 0.3) is 5.78 Å². The molecule has 0 saturated heterocycles. The fourth-order valence-electron chi connectivity index (χ4n) is 2.16. The van der Waals surface area contributed by atoms with Gasteiger partial charge in [0, 0.05) is 27.3 Å². The van der Waals surface area contributed by atoms with Crippen molar-refractivity contribution >= 4 is 38.4 Å². The summed E-state index contributed by atoms with van der Waals surface area (Å²) in [6.45, 7) is 1.78. The van der Waals surface area contributed by atoms with Crippen LogP contribution in [0.4, 0.5) is 0 Å². The summed E-state index contributed by atoms with van der Waals surface area (Å²) in [5, 5.41) is 0.797. The minimum absolute atomic E-state index is 0.164. The highest BCUT2D eigenvalue weighted by Crippen LogP contribution is 2.19. The van der Waals surface area contributed by atoms with Crippen LogP contribution in [0.2, 0.25) is 0 Å². The fourth-order valence-corrected chi connectivity index (χ4v) is 2.51. The lowest BCUT2D eigenvalue weighted by Gasteiger charge is -2.03. The van der Waals surface area contributed by atoms with Gasteiger partial charge in [-0.2, -0.15) is 0 Å². The number of nitrogens with zero attached hydrogens (tertiary/aromatic N) is 2. The van der Waals surface area contributed by atoms with Crippen LogP contribution in [0.3, 0.4) is 0 Å². The molecule has 2 heterocycles. The Morgan fingerprint density at radius 3 is 2.64 bits per heavy atom. The number of halogens is 1. The average Bonchev–Trinajstić information content (AvgIpc) is 2.52. The first kappa shape index (κ1) is 14.5. The van der Waals surface area contributed by atoms with E-state index >= 15 is 0 Å². The topological polar surface area (TPSA) is 59.9 Å². The van der Waals surface area contributed by atoms with Gasteiger partial charge < -0.3 is 0 Å². The third-order valence-corrected chi connectivity index (χ3v) is 3.67. The number of benzene rings is 1. The van der Waals surface area contributed by atoms with Crippen molar-refractivity contribution < 1.29 is 9.59 Å². The van der Waals surface area contributed by atoms with Crippen LogP contribution in [0.5, 0.6) is 0 Å². The van der Waals surface area contributed by atoms with Gasteiger partial charge in [0.05, 0.1) is 5.52 Å². The molecule has 2 aromatic heterocycles. The summed E-state index contributed by atoms with van der Waals surface area (Å²) in [4.78, 5) is 33.0. The van der Waals surface area contributed by atoms with Crippen molar-refractivity contribution in [3.63, 3.8) is 0 Å². The lowest BCUT2D eigenvalue weighted by Crippen LogP contribution is -2.16. The van der Waals surface area contributed by atoms with Crippen LogP contribution in [-0.4, -0.2) is 21.5 Å². The number of aryl methyl sites for hydroxylation is 1. The molecule has 5 heteroatoms. The van der Waals surface area contributed by atoms with Gasteiger partial charge in [-0.25, -0.2) is 4.98 Å². The van der Waals surface area contributed by atoms with Crippen LogP contribution < -0.4 is 0 Å². The van der Waals surface area contributed by atoms with E-state index in [-0.39, 0.29) is 5.69 Å². The number of fused-ring (bicyclic) bond motifs is 1. The minimum Gasteiger partial charge on any atom is -0.285 e. The van der Waals surface area contributed by atoms with Gasteiger partial charge >= 0.3 is 0 Å². The van der Waals surface area contributed by atoms with Gasteiger partial charge in [0.1, 0.15) is 5.69 Å². The van der Waals surface area contributed by atoms with Crippen molar-refractivity contribution in [1.82, 2.24) is 9.97 Å². The second-order valence-corrected chi connectivity index (χ2v) is 5.80. The summed E-state index contributed by atoms with van der Waals surface area (Å²) >= 11 is 3.34. The quantitative estimate of drug-likeness (QED) is 0.530. The maximum atomic E-state index is 12.4. The zero-order valence-electron chi connectivity index (χ0n) is 11.7. The number of hydrogen-bond donors (Lipinski definition) is 0. The molecule has 0 atom stereocenters. The summed E-state index contributed by atoms with van der Waals surface area (Å²) in [6.07, 6.45) is 1.69. The van der Waals surface area contributed by atoms with Crippen LogP contribution in [0.15, 0.2) is 53.1 Å². The minimum atomic E-state index is -0.606. The van der Waals surface area contributed by atoms with Crippen LogP contribution in [-0.2, 0) is 0 Å². The predicted molar refractivity (Wildman–Crippen MR) is 87.1 cm³/mol. The molecule has 0 amide bonds. The molecule has 22 heavy (non-hydrogen) atoms. The summed E-state index contributed by atoms with van der Waals surface area (Å²) in [5.74, 6) is -1.18. The molecule has 0 radical (unpaired) electrons. The Morgan fingerprint density at radius 2 is 1.86 bits per heavy atom. The molecular formula is C17H11BrN2O2. The first-order valence-electron chi connectivity index (χ1n) is 6.62. The van der Waals surface area contributed by atoms with Gasteiger partial charge in [-0.05, 0) is 59.3 Å². The number of aromatic nitrogens is 2. The normalized spacial score (nSPS) is 10.6. The SMILES string of the molecule is Cc1cccc(C(=O)C(=O)c2ccc3ncc(Br)cc3c2)n1. The first-order chi connectivity index (χ1) is 10.5. The zero-order chi connectivity index (χ0) is 15.7. The van der Waals surface area contributed by atoms with E-state index in [2.05, 4.69) is 25.9 Å². The number of Topliss-reactive ketones (excluding diaryl/α,β-unsaturated/α-hetero) is 2. The lowest BCUT2D eigenvalue weighted by molar-refractivity contribution is 0.0814. The number of carbonyl (C=O) groups is 2. The van der Waals surface area contributed by atoms with Gasteiger partial charge in [0.2, 0.25) is 5.78 Å². The third kappa shape index (κ3) is 2.80. The number of ketones is 2. The molecule has 0 spiro atoms. The van der Waals surface area contributed by atoms with Gasteiger partial charge in [-0.1, -0.05) is 6.07 Å². The van der Waals surface area contributed by atoms with Gasteiger partial charge in [-0.15, -0.1) is 0 Å². The Kier molecular flexibility index (Phi) is 3.81. The van der Waals surface area contributed by atoms with Gasteiger partial charge in [0.15, 0.2) is 0 Å². The van der Waals surface area contributed by atoms with E-state index in [1.807, 2.05) is 6.07 Å². The number of hydrogen-bond acceptors (Lipinski definition) is 4. The summed E-state index contributed by atoms with van der Waals surface area (Å²) < 4.78 is 0.816. The molecule has 0 saturated carbocycles. The van der Waals surface area contributed by atoms with Crippen molar-refractivity contribution in [2.24, 2.45) is 0 Å². The summed E-state index contributed by atoms with van der Waals surface area (Å²) in [7, 11) is 0. The van der Waals surface area contributed by atoms with E-state index in [1.165, 1.54) is 0 Å². The number of rotatable bonds is 3. The highest BCUT2D eigenvalue weighted by Gasteiger charge is 2.20. The highest BCUT2D eigenvalue weighted by molar-refractivity contribution is 9.10. The van der Waals surface area contributed by atoms with Crippen LogP contribution in [0.25, 0.3) is 10.9 Å². The van der Waals surface area contributed by atoms with E-state index in [4.69, 9.17) is 0 Å². The molecule has 0 bridgehead atoms. The smallest absolute Gasteiger partial charge is 0.251 e. The molecule has 4 nitrogen and oxygen atoms in total. The van der Waals surface area contributed by atoms with E-state index < -0.39 is 11.6 Å². The van der Waals surface area contributed by atoms with E-state index in [0.717, 1.165) is 15.4 Å². The molecule has 0 aliphatic rings. The van der Waals surface area contributed by atoms with E-state index in [0.29, 0.717) is 11.3 Å². The largest absolute Gasteiger partial charge is 0.285 e. The fraction of sp³-hybridized carbons (Fsp3) is 0.0588. The van der Waals surface area contributed by atoms with Crippen molar-refractivity contribution in [3.05, 3.63) is 70.1 Å². The zero-order valence-corrected chi connectivity index (χ0v) is 13.3. The highest BCUT2D eigenvalue weighted by atomic mass is 79.9. The molecule has 1 aromatic carbocycles. The van der Waals surface area contributed by atoms with Gasteiger partial charge in [-0.3, -0.25) is 14.6 Å². The maximum absolute atomic E-state index is 12.4. The standard InChI is InChI=1S/C17H11BrN2O2/c1-10-3-2-4-15(20-10)17(22)16(21)11-5-6-14-12(7-11)8-13(18)9-19-14/h2-9H,1H3. The number of carbonyl (C=O) groups excluding carboxylic acids is 2. The van der Waals surface area contributed by atoms with E-state index in [9.17, 15) is 9.59 Å². The molecule has 0 aliphatic heterocycles. The van der Waals surface area contributed by atoms with Crippen molar-refractivity contribution in [3.8, 4) is 0 Å². The second-order valence-electron chi connectivity index (χ2n) is 4.88. The molecule has 0 unspecified atom stereocenters. The monoisotopic (exact) mass is 354 g/mol.